The molecule has 0 heterocycles. The second-order valence-electron chi connectivity index (χ2n) is 3.08. The number of hydrogen-bond acceptors (Lipinski definition) is 3. The first-order valence-corrected chi connectivity index (χ1v) is 4.75. The lowest BCUT2D eigenvalue weighted by Crippen LogP contribution is -2.19. The minimum absolute atomic E-state index is 0.147. The molecular formula is C10H13ClO3. The third-order valence-corrected chi connectivity index (χ3v) is 2.25. The molecule has 0 aromatic heterocycles. The van der Waals surface area contributed by atoms with Gasteiger partial charge in [0.25, 0.3) is 0 Å². The number of aliphatic hydroxyl groups is 3. The zero-order valence-electron chi connectivity index (χ0n) is 7.60. The summed E-state index contributed by atoms with van der Waals surface area (Å²) in [6.45, 7) is -0.147. The SMILES string of the molecule is OCCC(O)C(O)c1ccc(Cl)cc1. The van der Waals surface area contributed by atoms with Gasteiger partial charge in [-0.05, 0) is 24.1 Å². The molecule has 2 unspecified atom stereocenters. The van der Waals surface area contributed by atoms with E-state index >= 15 is 0 Å². The first kappa shape index (κ1) is 11.5. The second kappa shape index (κ2) is 5.32. The Labute approximate surface area is 87.6 Å². The Morgan fingerprint density at radius 1 is 1.14 bits per heavy atom. The smallest absolute Gasteiger partial charge is 0.105 e. The van der Waals surface area contributed by atoms with Crippen molar-refractivity contribution in [2.24, 2.45) is 0 Å². The van der Waals surface area contributed by atoms with Gasteiger partial charge in [0.2, 0.25) is 0 Å². The van der Waals surface area contributed by atoms with Crippen molar-refractivity contribution in [1.82, 2.24) is 0 Å². The largest absolute Gasteiger partial charge is 0.396 e. The molecule has 1 aromatic rings. The Bertz CT molecular complexity index is 273. The lowest BCUT2D eigenvalue weighted by atomic mass is 10.0. The fraction of sp³-hybridized carbons (Fsp3) is 0.400. The van der Waals surface area contributed by atoms with Gasteiger partial charge in [-0.2, -0.15) is 0 Å². The first-order chi connectivity index (χ1) is 6.65. The Balaban J connectivity index is 2.68. The fourth-order valence-corrected chi connectivity index (χ4v) is 1.30. The highest BCUT2D eigenvalue weighted by atomic mass is 35.5. The number of hydrogen-bond donors (Lipinski definition) is 3. The van der Waals surface area contributed by atoms with E-state index in [0.717, 1.165) is 0 Å². The van der Waals surface area contributed by atoms with E-state index in [1.54, 1.807) is 24.3 Å². The number of benzene rings is 1. The first-order valence-electron chi connectivity index (χ1n) is 4.37. The molecule has 0 spiro atoms. The maximum Gasteiger partial charge on any atom is 0.105 e. The maximum absolute atomic E-state index is 9.61. The molecule has 0 fully saturated rings. The quantitative estimate of drug-likeness (QED) is 0.707. The molecule has 0 bridgehead atoms. The Kier molecular flexibility index (Phi) is 4.35. The van der Waals surface area contributed by atoms with Crippen LogP contribution in [0.1, 0.15) is 18.1 Å². The fourth-order valence-electron chi connectivity index (χ4n) is 1.17. The summed E-state index contributed by atoms with van der Waals surface area (Å²) in [6.07, 6.45) is -1.76. The summed E-state index contributed by atoms with van der Waals surface area (Å²) in [7, 11) is 0. The average Bonchev–Trinajstić information content (AvgIpc) is 2.18. The molecule has 1 rings (SSSR count). The van der Waals surface area contributed by atoms with Gasteiger partial charge in [-0.3, -0.25) is 0 Å². The predicted octanol–water partition coefficient (Wildman–Crippen LogP) is 1.12. The zero-order chi connectivity index (χ0) is 10.6. The highest BCUT2D eigenvalue weighted by Gasteiger charge is 2.17. The minimum Gasteiger partial charge on any atom is -0.396 e. The summed E-state index contributed by atoms with van der Waals surface area (Å²) in [5.74, 6) is 0. The van der Waals surface area contributed by atoms with Crippen molar-refractivity contribution >= 4 is 11.6 Å². The molecule has 0 amide bonds. The molecule has 0 aliphatic rings. The van der Waals surface area contributed by atoms with E-state index in [-0.39, 0.29) is 13.0 Å². The van der Waals surface area contributed by atoms with Crippen LogP contribution in [0.15, 0.2) is 24.3 Å². The van der Waals surface area contributed by atoms with Crippen LogP contribution in [0.25, 0.3) is 0 Å². The molecule has 3 N–H and O–H groups in total. The van der Waals surface area contributed by atoms with Crippen molar-refractivity contribution in [2.45, 2.75) is 18.6 Å². The summed E-state index contributed by atoms with van der Waals surface area (Å²) in [4.78, 5) is 0. The Hall–Kier alpha value is -0.610. The van der Waals surface area contributed by atoms with Crippen LogP contribution in [0.5, 0.6) is 0 Å². The van der Waals surface area contributed by atoms with E-state index in [1.807, 2.05) is 0 Å². The van der Waals surface area contributed by atoms with Crippen LogP contribution in [0.2, 0.25) is 5.02 Å². The molecule has 4 heteroatoms. The highest BCUT2D eigenvalue weighted by molar-refractivity contribution is 6.30. The number of rotatable bonds is 4. The normalized spacial score (nSPS) is 15.1. The second-order valence-corrected chi connectivity index (χ2v) is 3.51. The van der Waals surface area contributed by atoms with E-state index in [9.17, 15) is 10.2 Å². The van der Waals surface area contributed by atoms with Gasteiger partial charge in [0.15, 0.2) is 0 Å². The zero-order valence-corrected chi connectivity index (χ0v) is 8.35. The topological polar surface area (TPSA) is 60.7 Å². The molecule has 14 heavy (non-hydrogen) atoms. The van der Waals surface area contributed by atoms with Crippen molar-refractivity contribution in [1.29, 1.82) is 0 Å². The van der Waals surface area contributed by atoms with Crippen LogP contribution < -0.4 is 0 Å². The molecular weight excluding hydrogens is 204 g/mol. The van der Waals surface area contributed by atoms with Gasteiger partial charge in [-0.25, -0.2) is 0 Å². The van der Waals surface area contributed by atoms with Gasteiger partial charge in [0, 0.05) is 11.6 Å². The van der Waals surface area contributed by atoms with Crippen LogP contribution >= 0.6 is 11.6 Å². The van der Waals surface area contributed by atoms with Gasteiger partial charge in [-0.1, -0.05) is 23.7 Å². The average molecular weight is 217 g/mol. The van der Waals surface area contributed by atoms with Crippen LogP contribution in [0.3, 0.4) is 0 Å². The monoisotopic (exact) mass is 216 g/mol. The van der Waals surface area contributed by atoms with Gasteiger partial charge in [0.05, 0.1) is 6.10 Å². The lowest BCUT2D eigenvalue weighted by molar-refractivity contribution is 0.00422. The number of halogens is 1. The molecule has 0 radical (unpaired) electrons. The molecule has 1 aromatic carbocycles. The van der Waals surface area contributed by atoms with Crippen molar-refractivity contribution in [2.75, 3.05) is 6.61 Å². The molecule has 2 atom stereocenters. The summed E-state index contributed by atoms with van der Waals surface area (Å²) >= 11 is 5.67. The summed E-state index contributed by atoms with van der Waals surface area (Å²) in [5.41, 5.74) is 0.593. The van der Waals surface area contributed by atoms with Crippen LogP contribution in [0, 0.1) is 0 Å². The summed E-state index contributed by atoms with van der Waals surface area (Å²) in [5, 5.41) is 28.2. The molecule has 0 saturated carbocycles. The van der Waals surface area contributed by atoms with Crippen molar-refractivity contribution in [3.63, 3.8) is 0 Å². The van der Waals surface area contributed by atoms with Gasteiger partial charge >= 0.3 is 0 Å². The number of aliphatic hydroxyl groups excluding tert-OH is 3. The predicted molar refractivity (Wildman–Crippen MR) is 54.1 cm³/mol. The van der Waals surface area contributed by atoms with Crippen LogP contribution in [-0.2, 0) is 0 Å². The van der Waals surface area contributed by atoms with E-state index in [0.29, 0.717) is 10.6 Å². The van der Waals surface area contributed by atoms with E-state index in [2.05, 4.69) is 0 Å². The van der Waals surface area contributed by atoms with Crippen molar-refractivity contribution in [3.05, 3.63) is 34.9 Å². The Morgan fingerprint density at radius 2 is 1.71 bits per heavy atom. The van der Waals surface area contributed by atoms with E-state index < -0.39 is 12.2 Å². The van der Waals surface area contributed by atoms with E-state index in [4.69, 9.17) is 16.7 Å². The third kappa shape index (κ3) is 2.96. The van der Waals surface area contributed by atoms with Gasteiger partial charge < -0.3 is 15.3 Å². The van der Waals surface area contributed by atoms with Crippen molar-refractivity contribution in [3.8, 4) is 0 Å². The van der Waals surface area contributed by atoms with Crippen LogP contribution in [-0.4, -0.2) is 28.0 Å². The van der Waals surface area contributed by atoms with E-state index in [1.165, 1.54) is 0 Å². The molecule has 0 aliphatic carbocycles. The Morgan fingerprint density at radius 3 is 2.21 bits per heavy atom. The molecule has 0 saturated heterocycles. The van der Waals surface area contributed by atoms with Gasteiger partial charge in [-0.15, -0.1) is 0 Å². The lowest BCUT2D eigenvalue weighted by Gasteiger charge is -2.16. The molecule has 3 nitrogen and oxygen atoms in total. The van der Waals surface area contributed by atoms with Crippen LogP contribution in [0.4, 0.5) is 0 Å². The molecule has 0 aliphatic heterocycles. The summed E-state index contributed by atoms with van der Waals surface area (Å²) in [6, 6.07) is 6.58. The third-order valence-electron chi connectivity index (χ3n) is 2.00. The maximum atomic E-state index is 9.61. The van der Waals surface area contributed by atoms with Gasteiger partial charge in [0.1, 0.15) is 6.10 Å². The van der Waals surface area contributed by atoms with Crippen molar-refractivity contribution < 1.29 is 15.3 Å². The minimum atomic E-state index is -0.973. The molecule has 78 valence electrons. The standard InChI is InChI=1S/C10H13ClO3/c11-8-3-1-7(2-4-8)10(14)9(13)5-6-12/h1-4,9-10,12-14H,5-6H2. The summed E-state index contributed by atoms with van der Waals surface area (Å²) < 4.78 is 0. The highest BCUT2D eigenvalue weighted by Crippen LogP contribution is 2.20.